The number of carbonyl (C=O) groups is 2. The van der Waals surface area contributed by atoms with E-state index in [-0.39, 0.29) is 24.5 Å². The van der Waals surface area contributed by atoms with Crippen molar-refractivity contribution in [3.63, 3.8) is 0 Å². The van der Waals surface area contributed by atoms with Gasteiger partial charge in [-0.3, -0.25) is 4.79 Å². The summed E-state index contributed by atoms with van der Waals surface area (Å²) in [6.07, 6.45) is 0.393. The summed E-state index contributed by atoms with van der Waals surface area (Å²) in [4.78, 5) is 27.3. The van der Waals surface area contributed by atoms with E-state index in [1.165, 1.54) is 0 Å². The van der Waals surface area contributed by atoms with E-state index >= 15 is 0 Å². The maximum absolute atomic E-state index is 13.1. The third-order valence-electron chi connectivity index (χ3n) is 5.36. The highest BCUT2D eigenvalue weighted by Crippen LogP contribution is 2.28. The van der Waals surface area contributed by atoms with Crippen molar-refractivity contribution in [1.29, 1.82) is 0 Å². The molecular formula is C25H22Cl2N2O3. The van der Waals surface area contributed by atoms with E-state index < -0.39 is 0 Å². The average Bonchev–Trinajstić information content (AvgIpc) is 3.28. The third kappa shape index (κ3) is 5.23. The minimum Gasteiger partial charge on any atom is -0.445 e. The lowest BCUT2D eigenvalue weighted by molar-refractivity contribution is 0.103. The van der Waals surface area contributed by atoms with Crippen molar-refractivity contribution in [3.05, 3.63) is 99.5 Å². The van der Waals surface area contributed by atoms with Gasteiger partial charge in [-0.2, -0.15) is 0 Å². The van der Waals surface area contributed by atoms with Crippen molar-refractivity contribution < 1.29 is 14.3 Å². The molecule has 1 amide bonds. The van der Waals surface area contributed by atoms with Crippen molar-refractivity contribution in [2.75, 3.05) is 18.4 Å². The van der Waals surface area contributed by atoms with Crippen LogP contribution in [0.5, 0.6) is 0 Å². The number of amides is 1. The van der Waals surface area contributed by atoms with Gasteiger partial charge < -0.3 is 15.0 Å². The predicted molar refractivity (Wildman–Crippen MR) is 127 cm³/mol. The first-order valence-corrected chi connectivity index (χ1v) is 11.1. The molecule has 1 atom stereocenters. The maximum Gasteiger partial charge on any atom is 0.410 e. The molecule has 164 valence electrons. The van der Waals surface area contributed by atoms with E-state index in [0.717, 1.165) is 12.0 Å². The van der Waals surface area contributed by atoms with Crippen LogP contribution in [0.3, 0.4) is 0 Å². The van der Waals surface area contributed by atoms with Crippen LogP contribution < -0.4 is 5.32 Å². The number of ketones is 1. The van der Waals surface area contributed by atoms with Gasteiger partial charge >= 0.3 is 6.09 Å². The Balaban J connectivity index is 1.42. The molecular weight excluding hydrogens is 447 g/mol. The maximum atomic E-state index is 13.1. The first-order valence-electron chi connectivity index (χ1n) is 10.3. The second-order valence-corrected chi connectivity index (χ2v) is 8.46. The van der Waals surface area contributed by atoms with Crippen molar-refractivity contribution in [3.8, 4) is 0 Å². The second-order valence-electron chi connectivity index (χ2n) is 7.62. The number of hydrogen-bond acceptors (Lipinski definition) is 4. The van der Waals surface area contributed by atoms with Gasteiger partial charge in [-0.15, -0.1) is 0 Å². The zero-order chi connectivity index (χ0) is 22.5. The number of likely N-dealkylation sites (tertiary alicyclic amines) is 1. The molecule has 4 rings (SSSR count). The zero-order valence-electron chi connectivity index (χ0n) is 17.3. The number of hydrogen-bond donors (Lipinski definition) is 1. The molecule has 1 heterocycles. The van der Waals surface area contributed by atoms with Gasteiger partial charge in [-0.05, 0) is 42.3 Å². The molecule has 1 saturated heterocycles. The first kappa shape index (κ1) is 22.2. The van der Waals surface area contributed by atoms with Gasteiger partial charge in [-0.25, -0.2) is 4.79 Å². The Morgan fingerprint density at radius 3 is 2.50 bits per heavy atom. The highest BCUT2D eigenvalue weighted by atomic mass is 35.5. The average molecular weight is 469 g/mol. The molecule has 0 saturated carbocycles. The van der Waals surface area contributed by atoms with Crippen molar-refractivity contribution in [2.24, 2.45) is 0 Å². The Labute approximate surface area is 196 Å². The molecule has 1 aliphatic heterocycles. The number of nitrogens with zero attached hydrogens (tertiary/aromatic N) is 1. The molecule has 0 bridgehead atoms. The molecule has 0 spiro atoms. The second kappa shape index (κ2) is 10.1. The highest BCUT2D eigenvalue weighted by Gasteiger charge is 2.28. The molecule has 5 nitrogen and oxygen atoms in total. The molecule has 1 aliphatic rings. The highest BCUT2D eigenvalue weighted by molar-refractivity contribution is 6.35. The number of rotatable bonds is 6. The quantitative estimate of drug-likeness (QED) is 0.447. The van der Waals surface area contributed by atoms with Gasteiger partial charge in [0.1, 0.15) is 6.61 Å². The van der Waals surface area contributed by atoms with E-state index in [1.807, 2.05) is 30.3 Å². The molecule has 1 fully saturated rings. The van der Waals surface area contributed by atoms with Gasteiger partial charge in [0.2, 0.25) is 0 Å². The Morgan fingerprint density at radius 1 is 0.969 bits per heavy atom. The monoisotopic (exact) mass is 468 g/mol. The summed E-state index contributed by atoms with van der Waals surface area (Å²) < 4.78 is 5.43. The Kier molecular flexibility index (Phi) is 6.98. The van der Waals surface area contributed by atoms with E-state index in [9.17, 15) is 9.59 Å². The van der Waals surface area contributed by atoms with Gasteiger partial charge in [0.25, 0.3) is 0 Å². The van der Waals surface area contributed by atoms with E-state index in [0.29, 0.717) is 39.9 Å². The first-order chi connectivity index (χ1) is 15.5. The number of halogens is 2. The fraction of sp³-hybridized carbons (Fsp3) is 0.200. The van der Waals surface area contributed by atoms with Crippen molar-refractivity contribution >= 4 is 40.8 Å². The zero-order valence-corrected chi connectivity index (χ0v) is 18.8. The molecule has 0 aromatic heterocycles. The normalized spacial score (nSPS) is 15.4. The van der Waals surface area contributed by atoms with Gasteiger partial charge in [0, 0.05) is 41.0 Å². The van der Waals surface area contributed by atoms with E-state index in [4.69, 9.17) is 27.9 Å². The molecule has 0 radical (unpaired) electrons. The molecule has 1 unspecified atom stereocenters. The summed E-state index contributed by atoms with van der Waals surface area (Å²) in [6, 6.07) is 21.6. The summed E-state index contributed by atoms with van der Waals surface area (Å²) in [5.74, 6) is -0.210. The SMILES string of the molecule is O=C(c1ccccc1Cl)c1cc(Cl)ccc1NC1CCN(C(=O)OCc2ccccc2)C1. The number of benzene rings is 3. The summed E-state index contributed by atoms with van der Waals surface area (Å²) in [5, 5.41) is 4.24. The number of carbonyl (C=O) groups excluding carboxylic acids is 2. The van der Waals surface area contributed by atoms with E-state index in [2.05, 4.69) is 5.32 Å². The number of anilines is 1. The van der Waals surface area contributed by atoms with E-state index in [1.54, 1.807) is 47.4 Å². The lowest BCUT2D eigenvalue weighted by Gasteiger charge is -2.19. The largest absolute Gasteiger partial charge is 0.445 e. The molecule has 3 aromatic carbocycles. The van der Waals surface area contributed by atoms with Crippen LogP contribution in [0.25, 0.3) is 0 Å². The molecule has 32 heavy (non-hydrogen) atoms. The van der Waals surface area contributed by atoms with Crippen molar-refractivity contribution in [2.45, 2.75) is 19.1 Å². The number of ether oxygens (including phenoxy) is 1. The van der Waals surface area contributed by atoms with Gasteiger partial charge in [0.05, 0.1) is 5.02 Å². The fourth-order valence-electron chi connectivity index (χ4n) is 3.70. The van der Waals surface area contributed by atoms with Gasteiger partial charge in [-0.1, -0.05) is 65.7 Å². The van der Waals surface area contributed by atoms with Crippen LogP contribution in [-0.4, -0.2) is 35.9 Å². The lowest BCUT2D eigenvalue weighted by atomic mass is 10.0. The minimum atomic E-state index is -0.346. The molecule has 3 aromatic rings. The van der Waals surface area contributed by atoms with Crippen LogP contribution in [0.1, 0.15) is 27.9 Å². The Morgan fingerprint density at radius 2 is 1.72 bits per heavy atom. The van der Waals surface area contributed by atoms with Crippen LogP contribution >= 0.6 is 23.2 Å². The van der Waals surface area contributed by atoms with Crippen molar-refractivity contribution in [1.82, 2.24) is 4.90 Å². The van der Waals surface area contributed by atoms with Crippen LogP contribution in [0.15, 0.2) is 72.8 Å². The number of nitrogens with one attached hydrogen (secondary N) is 1. The van der Waals surface area contributed by atoms with Gasteiger partial charge in [0.15, 0.2) is 5.78 Å². The summed E-state index contributed by atoms with van der Waals surface area (Å²) in [6.45, 7) is 1.30. The smallest absolute Gasteiger partial charge is 0.410 e. The standard InChI is InChI=1S/C25H22Cl2N2O3/c26-18-10-11-23(21(14-18)24(30)20-8-4-5-9-22(20)27)28-19-12-13-29(15-19)25(31)32-16-17-6-2-1-3-7-17/h1-11,14,19,28H,12-13,15-16H2. The third-order valence-corrected chi connectivity index (χ3v) is 5.92. The van der Waals surface area contributed by atoms with Crippen LogP contribution in [0, 0.1) is 0 Å². The summed E-state index contributed by atoms with van der Waals surface area (Å²) >= 11 is 12.4. The summed E-state index contributed by atoms with van der Waals surface area (Å²) in [7, 11) is 0. The molecule has 1 N–H and O–H groups in total. The van der Waals surface area contributed by atoms with Crippen LogP contribution in [-0.2, 0) is 11.3 Å². The Hall–Kier alpha value is -3.02. The predicted octanol–water partition coefficient (Wildman–Crippen LogP) is 6.05. The minimum absolute atomic E-state index is 0.0155. The lowest BCUT2D eigenvalue weighted by Crippen LogP contribution is -2.32. The van der Waals surface area contributed by atoms with Crippen LogP contribution in [0.4, 0.5) is 10.5 Å². The Bertz CT molecular complexity index is 1120. The molecule has 7 heteroatoms. The summed E-state index contributed by atoms with van der Waals surface area (Å²) in [5.41, 5.74) is 2.45. The van der Waals surface area contributed by atoms with Crippen LogP contribution in [0.2, 0.25) is 10.0 Å². The molecule has 0 aliphatic carbocycles. The topological polar surface area (TPSA) is 58.6 Å². The fourth-order valence-corrected chi connectivity index (χ4v) is 4.09.